The Morgan fingerprint density at radius 1 is 1.18 bits per heavy atom. The molecule has 0 spiro atoms. The largest absolute Gasteiger partial charge is 0.368 e. The lowest BCUT2D eigenvalue weighted by molar-refractivity contribution is -0.135. The predicted molar refractivity (Wildman–Crippen MR) is 71.3 cm³/mol. The number of carbonyl (C=O) groups excluding carboxylic acids is 1. The van der Waals surface area contributed by atoms with Crippen molar-refractivity contribution < 1.29 is 9.53 Å². The molecule has 1 saturated heterocycles. The van der Waals surface area contributed by atoms with Crippen LogP contribution in [0.1, 0.15) is 44.9 Å². The summed E-state index contributed by atoms with van der Waals surface area (Å²) >= 11 is 3.65. The summed E-state index contributed by atoms with van der Waals surface area (Å²) in [6, 6.07) is 0. The van der Waals surface area contributed by atoms with Crippen LogP contribution in [0.5, 0.6) is 0 Å². The second kappa shape index (κ2) is 6.74. The summed E-state index contributed by atoms with van der Waals surface area (Å²) < 4.78 is 5.48. The van der Waals surface area contributed by atoms with Crippen LogP contribution in [-0.2, 0) is 9.53 Å². The van der Waals surface area contributed by atoms with Crippen LogP contribution in [0.2, 0.25) is 0 Å². The highest BCUT2D eigenvalue weighted by Crippen LogP contribution is 2.28. The molecule has 1 amide bonds. The van der Waals surface area contributed by atoms with E-state index >= 15 is 0 Å². The van der Waals surface area contributed by atoms with Crippen LogP contribution in [-0.4, -0.2) is 30.0 Å². The van der Waals surface area contributed by atoms with Crippen molar-refractivity contribution in [3.8, 4) is 0 Å². The molecule has 0 radical (unpaired) electrons. The SMILES string of the molecule is O=C(NCC1CCC(Br)CC1)C1CCCCO1. The summed E-state index contributed by atoms with van der Waals surface area (Å²) in [7, 11) is 0. The van der Waals surface area contributed by atoms with E-state index in [1.54, 1.807) is 0 Å². The van der Waals surface area contributed by atoms with Crippen LogP contribution in [0.4, 0.5) is 0 Å². The Morgan fingerprint density at radius 3 is 2.59 bits per heavy atom. The number of rotatable bonds is 3. The Kier molecular flexibility index (Phi) is 5.29. The Hall–Kier alpha value is -0.0900. The fourth-order valence-corrected chi connectivity index (χ4v) is 3.16. The molecule has 1 unspecified atom stereocenters. The molecule has 0 aromatic rings. The number of halogens is 1. The first kappa shape index (κ1) is 13.3. The van der Waals surface area contributed by atoms with Crippen LogP contribution in [0.3, 0.4) is 0 Å². The average molecular weight is 304 g/mol. The second-order valence-electron chi connectivity index (χ2n) is 5.22. The van der Waals surface area contributed by atoms with Gasteiger partial charge < -0.3 is 10.1 Å². The van der Waals surface area contributed by atoms with E-state index in [9.17, 15) is 4.79 Å². The molecule has 0 aromatic heterocycles. The fraction of sp³-hybridized carbons (Fsp3) is 0.923. The second-order valence-corrected chi connectivity index (χ2v) is 6.51. The molecular weight excluding hydrogens is 282 g/mol. The Bertz CT molecular complexity index is 246. The minimum absolute atomic E-state index is 0.102. The van der Waals surface area contributed by atoms with Gasteiger partial charge in [-0.05, 0) is 50.9 Å². The van der Waals surface area contributed by atoms with E-state index in [2.05, 4.69) is 21.2 Å². The lowest BCUT2D eigenvalue weighted by Gasteiger charge is -2.27. The smallest absolute Gasteiger partial charge is 0.249 e. The maximum atomic E-state index is 11.9. The van der Waals surface area contributed by atoms with E-state index in [4.69, 9.17) is 4.74 Å². The molecule has 1 aliphatic heterocycles. The van der Waals surface area contributed by atoms with Crippen molar-refractivity contribution in [2.24, 2.45) is 5.92 Å². The minimum Gasteiger partial charge on any atom is -0.368 e. The lowest BCUT2D eigenvalue weighted by atomic mass is 9.89. The van der Waals surface area contributed by atoms with Crippen molar-refractivity contribution in [2.45, 2.75) is 55.9 Å². The topological polar surface area (TPSA) is 38.3 Å². The van der Waals surface area contributed by atoms with Crippen molar-refractivity contribution in [3.05, 3.63) is 0 Å². The van der Waals surface area contributed by atoms with Crippen molar-refractivity contribution >= 4 is 21.8 Å². The van der Waals surface area contributed by atoms with Gasteiger partial charge in [0.15, 0.2) is 0 Å². The maximum Gasteiger partial charge on any atom is 0.249 e. The summed E-state index contributed by atoms with van der Waals surface area (Å²) in [4.78, 5) is 12.6. The molecule has 2 fully saturated rings. The van der Waals surface area contributed by atoms with Gasteiger partial charge in [-0.3, -0.25) is 4.79 Å². The van der Waals surface area contributed by atoms with Crippen LogP contribution >= 0.6 is 15.9 Å². The normalized spacial score (nSPS) is 34.3. The third-order valence-electron chi connectivity index (χ3n) is 3.81. The minimum atomic E-state index is -0.184. The Balaban J connectivity index is 1.65. The highest BCUT2D eigenvalue weighted by atomic mass is 79.9. The molecular formula is C13H22BrNO2. The van der Waals surface area contributed by atoms with E-state index in [1.165, 1.54) is 25.7 Å². The molecule has 17 heavy (non-hydrogen) atoms. The number of nitrogens with one attached hydrogen (secondary N) is 1. The van der Waals surface area contributed by atoms with Gasteiger partial charge in [-0.1, -0.05) is 15.9 Å². The van der Waals surface area contributed by atoms with E-state index < -0.39 is 0 Å². The molecule has 4 heteroatoms. The number of ether oxygens (including phenoxy) is 1. The van der Waals surface area contributed by atoms with E-state index in [0.29, 0.717) is 10.7 Å². The summed E-state index contributed by atoms with van der Waals surface area (Å²) in [5, 5.41) is 3.06. The van der Waals surface area contributed by atoms with Gasteiger partial charge in [-0.25, -0.2) is 0 Å². The van der Waals surface area contributed by atoms with Gasteiger partial charge in [0.05, 0.1) is 0 Å². The molecule has 2 rings (SSSR count). The zero-order valence-corrected chi connectivity index (χ0v) is 11.9. The van der Waals surface area contributed by atoms with Gasteiger partial charge in [0.2, 0.25) is 5.91 Å². The molecule has 0 aromatic carbocycles. The number of carbonyl (C=O) groups is 1. The Morgan fingerprint density at radius 2 is 1.94 bits per heavy atom. The van der Waals surface area contributed by atoms with Crippen molar-refractivity contribution in [1.29, 1.82) is 0 Å². The van der Waals surface area contributed by atoms with Gasteiger partial charge >= 0.3 is 0 Å². The van der Waals surface area contributed by atoms with Gasteiger partial charge in [-0.15, -0.1) is 0 Å². The van der Waals surface area contributed by atoms with Crippen molar-refractivity contribution in [2.75, 3.05) is 13.2 Å². The third-order valence-corrected chi connectivity index (χ3v) is 4.73. The van der Waals surface area contributed by atoms with Gasteiger partial charge in [0.25, 0.3) is 0 Å². The number of hydrogen-bond donors (Lipinski definition) is 1. The summed E-state index contributed by atoms with van der Waals surface area (Å²) in [5.74, 6) is 0.766. The van der Waals surface area contributed by atoms with Crippen LogP contribution < -0.4 is 5.32 Å². The molecule has 2 aliphatic rings. The van der Waals surface area contributed by atoms with Crippen LogP contribution in [0.25, 0.3) is 0 Å². The standard InChI is InChI=1S/C13H22BrNO2/c14-11-6-4-10(5-7-11)9-15-13(16)12-3-1-2-8-17-12/h10-12H,1-9H2,(H,15,16). The number of amides is 1. The number of alkyl halides is 1. The first-order valence-corrected chi connectivity index (χ1v) is 7.70. The summed E-state index contributed by atoms with van der Waals surface area (Å²) in [6.07, 6.45) is 7.84. The van der Waals surface area contributed by atoms with Crippen molar-refractivity contribution in [1.82, 2.24) is 5.32 Å². The first-order chi connectivity index (χ1) is 8.25. The zero-order valence-electron chi connectivity index (χ0n) is 10.3. The molecule has 98 valence electrons. The van der Waals surface area contributed by atoms with Crippen LogP contribution in [0.15, 0.2) is 0 Å². The molecule has 1 N–H and O–H groups in total. The highest BCUT2D eigenvalue weighted by Gasteiger charge is 2.24. The predicted octanol–water partition coefficient (Wildman–Crippen LogP) is 2.63. The maximum absolute atomic E-state index is 11.9. The summed E-state index contributed by atoms with van der Waals surface area (Å²) in [5.41, 5.74) is 0. The monoisotopic (exact) mass is 303 g/mol. The summed E-state index contributed by atoms with van der Waals surface area (Å²) in [6.45, 7) is 1.57. The molecule has 1 saturated carbocycles. The Labute approximate surface area is 112 Å². The number of hydrogen-bond acceptors (Lipinski definition) is 2. The van der Waals surface area contributed by atoms with Gasteiger partial charge in [0, 0.05) is 18.0 Å². The highest BCUT2D eigenvalue weighted by molar-refractivity contribution is 9.09. The van der Waals surface area contributed by atoms with E-state index in [-0.39, 0.29) is 12.0 Å². The molecule has 1 atom stereocenters. The molecule has 1 heterocycles. The molecule has 1 aliphatic carbocycles. The average Bonchev–Trinajstić information content (AvgIpc) is 2.39. The quantitative estimate of drug-likeness (QED) is 0.814. The first-order valence-electron chi connectivity index (χ1n) is 6.79. The van der Waals surface area contributed by atoms with Crippen molar-refractivity contribution in [3.63, 3.8) is 0 Å². The fourth-order valence-electron chi connectivity index (χ4n) is 2.63. The molecule has 0 bridgehead atoms. The van der Waals surface area contributed by atoms with Gasteiger partial charge in [0.1, 0.15) is 6.10 Å². The zero-order chi connectivity index (χ0) is 12.1. The van der Waals surface area contributed by atoms with E-state index in [1.807, 2.05) is 0 Å². The third kappa shape index (κ3) is 4.25. The lowest BCUT2D eigenvalue weighted by Crippen LogP contribution is -2.41. The van der Waals surface area contributed by atoms with E-state index in [0.717, 1.165) is 32.4 Å². The molecule has 3 nitrogen and oxygen atoms in total. The van der Waals surface area contributed by atoms with Gasteiger partial charge in [-0.2, -0.15) is 0 Å². The van der Waals surface area contributed by atoms with Crippen LogP contribution in [0, 0.1) is 5.92 Å².